The highest BCUT2D eigenvalue weighted by molar-refractivity contribution is 5.44. The van der Waals surface area contributed by atoms with Crippen LogP contribution >= 0.6 is 0 Å². The van der Waals surface area contributed by atoms with Gasteiger partial charge in [-0.15, -0.1) is 0 Å². The summed E-state index contributed by atoms with van der Waals surface area (Å²) in [5, 5.41) is 0. The van der Waals surface area contributed by atoms with E-state index in [0.29, 0.717) is 11.7 Å². The molecule has 3 heteroatoms. The van der Waals surface area contributed by atoms with Crippen LogP contribution in [0.15, 0.2) is 18.2 Å². The van der Waals surface area contributed by atoms with Crippen LogP contribution in [-0.4, -0.2) is 18.1 Å². The number of pyridine rings is 1. The van der Waals surface area contributed by atoms with Crippen molar-refractivity contribution in [1.82, 2.24) is 4.98 Å². The summed E-state index contributed by atoms with van der Waals surface area (Å²) >= 11 is 0. The number of nitrogen functional groups attached to an aromatic ring is 1. The molecule has 0 saturated carbocycles. The van der Waals surface area contributed by atoms with Crippen molar-refractivity contribution in [2.45, 2.75) is 27.2 Å². The molecule has 0 amide bonds. The standard InChI is InChI=1S/C12H21N3/c1-4-10(3)9-15(5-2)12-8-6-7-11(13)14-12/h6-8,10H,4-5,9H2,1-3H3,(H2,13,14). The van der Waals surface area contributed by atoms with Gasteiger partial charge in [0, 0.05) is 13.1 Å². The predicted octanol–water partition coefficient (Wildman–Crippen LogP) is 2.54. The Morgan fingerprint density at radius 3 is 2.67 bits per heavy atom. The summed E-state index contributed by atoms with van der Waals surface area (Å²) in [4.78, 5) is 6.60. The average Bonchev–Trinajstić information content (AvgIpc) is 2.25. The number of hydrogen-bond donors (Lipinski definition) is 1. The Morgan fingerprint density at radius 2 is 2.13 bits per heavy atom. The number of nitrogens with two attached hydrogens (primary N) is 1. The molecule has 1 unspecified atom stereocenters. The SMILES string of the molecule is CCC(C)CN(CC)c1cccc(N)n1. The van der Waals surface area contributed by atoms with E-state index < -0.39 is 0 Å². The van der Waals surface area contributed by atoms with E-state index in [1.54, 1.807) is 0 Å². The van der Waals surface area contributed by atoms with Crippen LogP contribution in [0.4, 0.5) is 11.6 Å². The van der Waals surface area contributed by atoms with Gasteiger partial charge in [0.25, 0.3) is 0 Å². The van der Waals surface area contributed by atoms with Crippen molar-refractivity contribution >= 4 is 11.6 Å². The van der Waals surface area contributed by atoms with Gasteiger partial charge >= 0.3 is 0 Å². The first-order chi connectivity index (χ1) is 7.17. The number of aromatic nitrogens is 1. The molecule has 0 aliphatic rings. The van der Waals surface area contributed by atoms with E-state index in [2.05, 4.69) is 30.7 Å². The third-order valence-corrected chi connectivity index (χ3v) is 2.69. The minimum Gasteiger partial charge on any atom is -0.384 e. The van der Waals surface area contributed by atoms with Crippen LogP contribution in [0.2, 0.25) is 0 Å². The lowest BCUT2D eigenvalue weighted by Gasteiger charge is -2.25. The van der Waals surface area contributed by atoms with E-state index in [4.69, 9.17) is 5.73 Å². The van der Waals surface area contributed by atoms with E-state index in [0.717, 1.165) is 18.9 Å². The Hall–Kier alpha value is -1.25. The Bertz CT molecular complexity index is 299. The lowest BCUT2D eigenvalue weighted by molar-refractivity contribution is 0.545. The first-order valence-electron chi connectivity index (χ1n) is 5.64. The second-order valence-corrected chi connectivity index (χ2v) is 3.97. The molecule has 0 bridgehead atoms. The summed E-state index contributed by atoms with van der Waals surface area (Å²) < 4.78 is 0. The summed E-state index contributed by atoms with van der Waals surface area (Å²) in [5.74, 6) is 2.26. The summed E-state index contributed by atoms with van der Waals surface area (Å²) in [6, 6.07) is 5.79. The molecule has 0 radical (unpaired) electrons. The molecule has 3 nitrogen and oxygen atoms in total. The average molecular weight is 207 g/mol. The number of rotatable bonds is 5. The molecule has 0 aromatic carbocycles. The van der Waals surface area contributed by atoms with Crippen LogP contribution in [0.3, 0.4) is 0 Å². The van der Waals surface area contributed by atoms with Gasteiger partial charge in [0.2, 0.25) is 0 Å². The number of hydrogen-bond acceptors (Lipinski definition) is 3. The van der Waals surface area contributed by atoms with Gasteiger partial charge in [-0.1, -0.05) is 26.3 Å². The molecule has 84 valence electrons. The van der Waals surface area contributed by atoms with E-state index in [-0.39, 0.29) is 0 Å². The summed E-state index contributed by atoms with van der Waals surface area (Å²) in [6.07, 6.45) is 1.19. The maximum Gasteiger partial charge on any atom is 0.130 e. The monoisotopic (exact) mass is 207 g/mol. The van der Waals surface area contributed by atoms with Crippen LogP contribution in [0, 0.1) is 5.92 Å². The van der Waals surface area contributed by atoms with Crippen LogP contribution in [0.5, 0.6) is 0 Å². The zero-order valence-electron chi connectivity index (χ0n) is 9.90. The van der Waals surface area contributed by atoms with Gasteiger partial charge in [-0.3, -0.25) is 0 Å². The van der Waals surface area contributed by atoms with Crippen LogP contribution < -0.4 is 10.6 Å². The van der Waals surface area contributed by atoms with Crippen LogP contribution in [-0.2, 0) is 0 Å². The highest BCUT2D eigenvalue weighted by Crippen LogP contribution is 2.15. The van der Waals surface area contributed by atoms with Gasteiger partial charge in [-0.05, 0) is 25.0 Å². The molecule has 0 fully saturated rings. The zero-order chi connectivity index (χ0) is 11.3. The first kappa shape index (κ1) is 11.8. The van der Waals surface area contributed by atoms with Crippen molar-refractivity contribution in [2.24, 2.45) is 5.92 Å². The summed E-state index contributed by atoms with van der Waals surface area (Å²) in [7, 11) is 0. The van der Waals surface area contributed by atoms with Crippen molar-refractivity contribution in [3.63, 3.8) is 0 Å². The molecule has 0 aliphatic heterocycles. The largest absolute Gasteiger partial charge is 0.384 e. The van der Waals surface area contributed by atoms with Crippen molar-refractivity contribution < 1.29 is 0 Å². The molecule has 0 spiro atoms. The Labute approximate surface area is 92.3 Å². The molecule has 0 aliphatic carbocycles. The van der Waals surface area contributed by atoms with Crippen molar-refractivity contribution in [2.75, 3.05) is 23.7 Å². The minimum atomic E-state index is 0.593. The fourth-order valence-electron chi connectivity index (χ4n) is 1.51. The third kappa shape index (κ3) is 3.42. The first-order valence-corrected chi connectivity index (χ1v) is 5.64. The maximum atomic E-state index is 5.68. The van der Waals surface area contributed by atoms with Gasteiger partial charge in [0.15, 0.2) is 0 Å². The second-order valence-electron chi connectivity index (χ2n) is 3.97. The minimum absolute atomic E-state index is 0.593. The van der Waals surface area contributed by atoms with Crippen molar-refractivity contribution in [3.05, 3.63) is 18.2 Å². The number of nitrogens with zero attached hydrogens (tertiary/aromatic N) is 2. The second kappa shape index (κ2) is 5.59. The maximum absolute atomic E-state index is 5.68. The molecule has 1 atom stereocenters. The molecule has 15 heavy (non-hydrogen) atoms. The normalized spacial score (nSPS) is 12.5. The highest BCUT2D eigenvalue weighted by atomic mass is 15.2. The topological polar surface area (TPSA) is 42.1 Å². The molecule has 1 aromatic rings. The van der Waals surface area contributed by atoms with Gasteiger partial charge in [0.05, 0.1) is 0 Å². The highest BCUT2D eigenvalue weighted by Gasteiger charge is 2.09. The Kier molecular flexibility index (Phi) is 4.40. The van der Waals surface area contributed by atoms with Gasteiger partial charge < -0.3 is 10.6 Å². The van der Waals surface area contributed by atoms with Gasteiger partial charge in [-0.25, -0.2) is 4.98 Å². The van der Waals surface area contributed by atoms with Crippen molar-refractivity contribution in [3.8, 4) is 0 Å². The lowest BCUT2D eigenvalue weighted by atomic mass is 10.1. The van der Waals surface area contributed by atoms with Crippen molar-refractivity contribution in [1.29, 1.82) is 0 Å². The van der Waals surface area contributed by atoms with Gasteiger partial charge in [0.1, 0.15) is 11.6 Å². The summed E-state index contributed by atoms with van der Waals surface area (Å²) in [5.41, 5.74) is 5.68. The third-order valence-electron chi connectivity index (χ3n) is 2.69. The molecular formula is C12H21N3. The number of anilines is 2. The van der Waals surface area contributed by atoms with E-state index in [1.807, 2.05) is 18.2 Å². The Morgan fingerprint density at radius 1 is 1.40 bits per heavy atom. The molecule has 2 N–H and O–H groups in total. The molecule has 1 heterocycles. The smallest absolute Gasteiger partial charge is 0.130 e. The van der Waals surface area contributed by atoms with E-state index in [9.17, 15) is 0 Å². The van der Waals surface area contributed by atoms with E-state index >= 15 is 0 Å². The summed E-state index contributed by atoms with van der Waals surface area (Å²) in [6.45, 7) is 8.64. The fourth-order valence-corrected chi connectivity index (χ4v) is 1.51. The quantitative estimate of drug-likeness (QED) is 0.806. The lowest BCUT2D eigenvalue weighted by Crippen LogP contribution is -2.28. The molecule has 1 rings (SSSR count). The molecule has 1 aromatic heterocycles. The molecular weight excluding hydrogens is 186 g/mol. The predicted molar refractivity (Wildman–Crippen MR) is 66.0 cm³/mol. The van der Waals surface area contributed by atoms with E-state index in [1.165, 1.54) is 6.42 Å². The van der Waals surface area contributed by atoms with Gasteiger partial charge in [-0.2, -0.15) is 0 Å². The fraction of sp³-hybridized carbons (Fsp3) is 0.583. The van der Waals surface area contributed by atoms with Crippen LogP contribution in [0.25, 0.3) is 0 Å². The zero-order valence-corrected chi connectivity index (χ0v) is 9.90. The Balaban J connectivity index is 2.73. The van der Waals surface area contributed by atoms with Crippen LogP contribution in [0.1, 0.15) is 27.2 Å². The molecule has 0 saturated heterocycles.